The zero-order chi connectivity index (χ0) is 13.2. The lowest BCUT2D eigenvalue weighted by Crippen LogP contribution is -2.00. The number of nitrogens with zero attached hydrogens (tertiary/aromatic N) is 1. The summed E-state index contributed by atoms with van der Waals surface area (Å²) in [7, 11) is 0. The number of nitrogen functional groups attached to an aromatic ring is 1. The topological polar surface area (TPSA) is 30.9 Å². The van der Waals surface area contributed by atoms with Gasteiger partial charge in [-0.25, -0.2) is 0 Å². The third-order valence-electron chi connectivity index (χ3n) is 3.65. The van der Waals surface area contributed by atoms with Gasteiger partial charge in [0.1, 0.15) is 0 Å². The van der Waals surface area contributed by atoms with Crippen LogP contribution in [0.2, 0.25) is 0 Å². The van der Waals surface area contributed by atoms with Crippen LogP contribution in [-0.4, -0.2) is 4.57 Å². The summed E-state index contributed by atoms with van der Waals surface area (Å²) >= 11 is 0. The highest BCUT2D eigenvalue weighted by Gasteiger charge is 2.02. The Kier molecular flexibility index (Phi) is 3.00. The van der Waals surface area contributed by atoms with Gasteiger partial charge in [0, 0.05) is 29.3 Å². The maximum absolute atomic E-state index is 5.70. The van der Waals surface area contributed by atoms with E-state index in [1.165, 1.54) is 22.0 Å². The van der Waals surface area contributed by atoms with Crippen LogP contribution in [0.25, 0.3) is 10.9 Å². The minimum Gasteiger partial charge on any atom is -0.399 e. The maximum Gasteiger partial charge on any atom is 0.0483 e. The van der Waals surface area contributed by atoms with Gasteiger partial charge in [-0.1, -0.05) is 24.3 Å². The lowest BCUT2D eigenvalue weighted by atomic mass is 10.1. The normalized spacial score (nSPS) is 11.0. The van der Waals surface area contributed by atoms with Gasteiger partial charge >= 0.3 is 0 Å². The summed E-state index contributed by atoms with van der Waals surface area (Å²) in [5, 5.41) is 1.35. The van der Waals surface area contributed by atoms with Crippen LogP contribution in [0.3, 0.4) is 0 Å². The van der Waals surface area contributed by atoms with Crippen molar-refractivity contribution >= 4 is 16.6 Å². The monoisotopic (exact) mass is 250 g/mol. The summed E-state index contributed by atoms with van der Waals surface area (Å²) in [4.78, 5) is 0. The molecule has 0 fully saturated rings. The second kappa shape index (κ2) is 4.81. The Morgan fingerprint density at radius 3 is 2.58 bits per heavy atom. The summed E-state index contributed by atoms with van der Waals surface area (Å²) < 4.78 is 2.32. The van der Waals surface area contributed by atoms with E-state index in [0.29, 0.717) is 0 Å². The highest BCUT2D eigenvalue weighted by Crippen LogP contribution is 2.20. The number of anilines is 1. The van der Waals surface area contributed by atoms with Crippen LogP contribution < -0.4 is 5.73 Å². The van der Waals surface area contributed by atoms with E-state index < -0.39 is 0 Å². The molecule has 1 aromatic heterocycles. The molecule has 0 saturated heterocycles. The molecular weight excluding hydrogens is 232 g/mol. The van der Waals surface area contributed by atoms with Crippen molar-refractivity contribution in [3.8, 4) is 0 Å². The van der Waals surface area contributed by atoms with Gasteiger partial charge in [-0.3, -0.25) is 0 Å². The van der Waals surface area contributed by atoms with Gasteiger partial charge in [-0.05, 0) is 48.7 Å². The number of hydrogen-bond donors (Lipinski definition) is 1. The van der Waals surface area contributed by atoms with E-state index in [2.05, 4.69) is 54.1 Å². The third kappa shape index (κ3) is 2.34. The lowest BCUT2D eigenvalue weighted by Gasteiger charge is -2.06. The predicted molar refractivity (Wildman–Crippen MR) is 81.2 cm³/mol. The Labute approximate surface area is 113 Å². The van der Waals surface area contributed by atoms with E-state index in [4.69, 9.17) is 5.73 Å². The molecular formula is C17H18N2. The average Bonchev–Trinajstić information content (AvgIpc) is 2.83. The second-order valence-electron chi connectivity index (χ2n) is 5.01. The largest absolute Gasteiger partial charge is 0.399 e. The predicted octanol–water partition coefficient (Wildman–Crippen LogP) is 3.77. The number of rotatable bonds is 3. The first-order valence-electron chi connectivity index (χ1n) is 6.63. The fraction of sp³-hybridized carbons (Fsp3) is 0.176. The van der Waals surface area contributed by atoms with E-state index in [9.17, 15) is 0 Å². The van der Waals surface area contributed by atoms with Crippen LogP contribution in [0.15, 0.2) is 54.7 Å². The minimum absolute atomic E-state index is 0.825. The zero-order valence-corrected chi connectivity index (χ0v) is 11.1. The first kappa shape index (κ1) is 11.8. The molecule has 2 heteroatoms. The molecule has 96 valence electrons. The first-order chi connectivity index (χ1) is 9.24. The molecule has 0 aliphatic carbocycles. The van der Waals surface area contributed by atoms with E-state index in [1.807, 2.05) is 12.1 Å². The van der Waals surface area contributed by atoms with Crippen molar-refractivity contribution < 1.29 is 0 Å². The minimum atomic E-state index is 0.825. The molecule has 0 amide bonds. The summed E-state index contributed by atoms with van der Waals surface area (Å²) in [5.41, 5.74) is 10.5. The molecule has 2 nitrogen and oxygen atoms in total. The van der Waals surface area contributed by atoms with Crippen molar-refractivity contribution in [3.63, 3.8) is 0 Å². The van der Waals surface area contributed by atoms with E-state index in [0.717, 1.165) is 18.7 Å². The maximum atomic E-state index is 5.70. The number of benzene rings is 2. The average molecular weight is 250 g/mol. The van der Waals surface area contributed by atoms with Gasteiger partial charge in [0.2, 0.25) is 0 Å². The molecule has 3 rings (SSSR count). The Hall–Kier alpha value is -2.22. The fourth-order valence-electron chi connectivity index (χ4n) is 2.51. The van der Waals surface area contributed by atoms with Crippen LogP contribution in [0.1, 0.15) is 11.1 Å². The summed E-state index contributed by atoms with van der Waals surface area (Å²) in [6.45, 7) is 3.16. The van der Waals surface area contributed by atoms with Crippen molar-refractivity contribution in [1.29, 1.82) is 0 Å². The van der Waals surface area contributed by atoms with E-state index >= 15 is 0 Å². The van der Waals surface area contributed by atoms with Crippen molar-refractivity contribution in [1.82, 2.24) is 4.57 Å². The van der Waals surface area contributed by atoms with E-state index in [-0.39, 0.29) is 0 Å². The number of aryl methyl sites for hydroxylation is 3. The van der Waals surface area contributed by atoms with Crippen molar-refractivity contribution in [2.24, 2.45) is 0 Å². The molecule has 1 heterocycles. The standard InChI is InChI=1S/C17H18N2/c1-13-3-2-4-17-16(13)10-12-19(17)11-9-14-5-7-15(18)8-6-14/h2-8,10,12H,9,11,18H2,1H3. The molecule has 2 N–H and O–H groups in total. The molecule has 0 atom stereocenters. The number of fused-ring (bicyclic) bond motifs is 1. The van der Waals surface area contributed by atoms with Gasteiger partial charge in [0.15, 0.2) is 0 Å². The molecule has 0 radical (unpaired) electrons. The van der Waals surface area contributed by atoms with Gasteiger partial charge in [0.25, 0.3) is 0 Å². The van der Waals surface area contributed by atoms with Crippen LogP contribution in [0.5, 0.6) is 0 Å². The molecule has 0 bridgehead atoms. The Bertz CT molecular complexity index is 693. The molecule has 2 aromatic carbocycles. The third-order valence-corrected chi connectivity index (χ3v) is 3.65. The second-order valence-corrected chi connectivity index (χ2v) is 5.01. The molecule has 0 spiro atoms. The number of aromatic nitrogens is 1. The Balaban J connectivity index is 1.82. The van der Waals surface area contributed by atoms with Crippen LogP contribution in [-0.2, 0) is 13.0 Å². The lowest BCUT2D eigenvalue weighted by molar-refractivity contribution is 0.723. The van der Waals surface area contributed by atoms with Crippen LogP contribution in [0.4, 0.5) is 5.69 Å². The summed E-state index contributed by atoms with van der Waals surface area (Å²) in [6.07, 6.45) is 3.20. The van der Waals surface area contributed by atoms with Crippen molar-refractivity contribution in [2.45, 2.75) is 19.9 Å². The quantitative estimate of drug-likeness (QED) is 0.705. The van der Waals surface area contributed by atoms with Gasteiger partial charge in [0.05, 0.1) is 0 Å². The van der Waals surface area contributed by atoms with E-state index in [1.54, 1.807) is 0 Å². The van der Waals surface area contributed by atoms with Gasteiger partial charge in [-0.2, -0.15) is 0 Å². The van der Waals surface area contributed by atoms with Crippen molar-refractivity contribution in [2.75, 3.05) is 5.73 Å². The Morgan fingerprint density at radius 1 is 1.00 bits per heavy atom. The molecule has 19 heavy (non-hydrogen) atoms. The number of hydrogen-bond acceptors (Lipinski definition) is 1. The molecule has 0 aliphatic heterocycles. The first-order valence-corrected chi connectivity index (χ1v) is 6.63. The highest BCUT2D eigenvalue weighted by molar-refractivity contribution is 5.83. The van der Waals surface area contributed by atoms with Gasteiger partial charge < -0.3 is 10.3 Å². The van der Waals surface area contributed by atoms with Crippen LogP contribution >= 0.6 is 0 Å². The molecule has 3 aromatic rings. The van der Waals surface area contributed by atoms with Crippen LogP contribution in [0, 0.1) is 6.92 Å². The summed E-state index contributed by atoms with van der Waals surface area (Å²) in [6, 6.07) is 16.8. The summed E-state index contributed by atoms with van der Waals surface area (Å²) in [5.74, 6) is 0. The molecule has 0 aliphatic rings. The highest BCUT2D eigenvalue weighted by atomic mass is 14.9. The smallest absolute Gasteiger partial charge is 0.0483 e. The van der Waals surface area contributed by atoms with Gasteiger partial charge in [-0.15, -0.1) is 0 Å². The van der Waals surface area contributed by atoms with Crippen molar-refractivity contribution in [3.05, 3.63) is 65.9 Å². The molecule has 0 saturated carbocycles. The fourth-order valence-corrected chi connectivity index (χ4v) is 2.51. The number of nitrogens with two attached hydrogens (primary N) is 1. The zero-order valence-electron chi connectivity index (χ0n) is 11.1. The molecule has 0 unspecified atom stereocenters. The Morgan fingerprint density at radius 2 is 1.79 bits per heavy atom. The SMILES string of the molecule is Cc1cccc2c1ccn2CCc1ccc(N)cc1.